The second-order valence-electron chi connectivity index (χ2n) is 3.99. The monoisotopic (exact) mass is 301 g/mol. The van der Waals surface area contributed by atoms with Crippen LogP contribution in [0, 0.1) is 11.3 Å². The summed E-state index contributed by atoms with van der Waals surface area (Å²) < 4.78 is 0. The molecule has 2 aromatic rings. The number of aromatic nitrogens is 1. The number of halogens is 1. The highest BCUT2D eigenvalue weighted by Crippen LogP contribution is 2.21. The lowest BCUT2D eigenvalue weighted by Gasteiger charge is -2.08. The minimum Gasteiger partial charge on any atom is -0.478 e. The minimum atomic E-state index is -1.19. The molecule has 0 bridgehead atoms. The van der Waals surface area contributed by atoms with Gasteiger partial charge in [0.25, 0.3) is 5.91 Å². The molecule has 1 amide bonds. The summed E-state index contributed by atoms with van der Waals surface area (Å²) in [5.74, 6) is -1.78. The lowest BCUT2D eigenvalue weighted by atomic mass is 10.1. The fraction of sp³-hybridized carbons (Fsp3) is 0. The van der Waals surface area contributed by atoms with Gasteiger partial charge in [-0.05, 0) is 30.3 Å². The van der Waals surface area contributed by atoms with E-state index in [0.29, 0.717) is 10.6 Å². The molecule has 0 aliphatic heterocycles. The maximum Gasteiger partial charge on any atom is 0.337 e. The SMILES string of the molecule is N#Cc1ccc(C(=O)Nc2cc(Cl)ccc2C(=O)O)nc1. The summed E-state index contributed by atoms with van der Waals surface area (Å²) in [6.07, 6.45) is 1.25. The molecule has 2 rings (SSSR count). The molecule has 1 heterocycles. The predicted octanol–water partition coefficient (Wildman–Crippen LogP) is 2.56. The normalized spacial score (nSPS) is 9.71. The van der Waals surface area contributed by atoms with Crippen LogP contribution in [0.25, 0.3) is 0 Å². The Hall–Kier alpha value is -2.91. The Morgan fingerprint density at radius 2 is 2.05 bits per heavy atom. The van der Waals surface area contributed by atoms with Crippen molar-refractivity contribution in [1.29, 1.82) is 5.26 Å². The van der Waals surface area contributed by atoms with Crippen molar-refractivity contribution >= 4 is 29.2 Å². The number of carbonyl (C=O) groups excluding carboxylic acids is 1. The van der Waals surface area contributed by atoms with Gasteiger partial charge in [-0.2, -0.15) is 5.26 Å². The van der Waals surface area contributed by atoms with Crippen LogP contribution < -0.4 is 5.32 Å². The number of carbonyl (C=O) groups is 2. The fourth-order valence-electron chi connectivity index (χ4n) is 1.59. The number of pyridine rings is 1. The quantitative estimate of drug-likeness (QED) is 0.906. The second-order valence-corrected chi connectivity index (χ2v) is 4.43. The fourth-order valence-corrected chi connectivity index (χ4v) is 1.76. The Bertz CT molecular complexity index is 751. The molecule has 0 aliphatic rings. The van der Waals surface area contributed by atoms with Gasteiger partial charge in [0.05, 0.1) is 16.8 Å². The van der Waals surface area contributed by atoms with Gasteiger partial charge in [-0.1, -0.05) is 11.6 Å². The highest BCUT2D eigenvalue weighted by molar-refractivity contribution is 6.31. The Morgan fingerprint density at radius 1 is 1.29 bits per heavy atom. The topological polar surface area (TPSA) is 103 Å². The summed E-state index contributed by atoms with van der Waals surface area (Å²) in [4.78, 5) is 26.9. The summed E-state index contributed by atoms with van der Waals surface area (Å²) in [6, 6.07) is 8.76. The Morgan fingerprint density at radius 3 is 2.62 bits per heavy atom. The van der Waals surface area contributed by atoms with Crippen molar-refractivity contribution in [1.82, 2.24) is 4.98 Å². The maximum atomic E-state index is 12.0. The van der Waals surface area contributed by atoms with Crippen LogP contribution in [0.1, 0.15) is 26.4 Å². The van der Waals surface area contributed by atoms with Crippen LogP contribution in [-0.2, 0) is 0 Å². The van der Waals surface area contributed by atoms with Gasteiger partial charge >= 0.3 is 5.97 Å². The third kappa shape index (κ3) is 3.35. The first-order valence-electron chi connectivity index (χ1n) is 5.71. The van der Waals surface area contributed by atoms with E-state index in [-0.39, 0.29) is 16.9 Å². The van der Waals surface area contributed by atoms with E-state index in [0.717, 1.165) is 0 Å². The average molecular weight is 302 g/mol. The molecule has 0 radical (unpaired) electrons. The molecule has 0 saturated carbocycles. The number of nitrogens with zero attached hydrogens (tertiary/aromatic N) is 2. The summed E-state index contributed by atoms with van der Waals surface area (Å²) in [7, 11) is 0. The van der Waals surface area contributed by atoms with E-state index in [1.807, 2.05) is 6.07 Å². The van der Waals surface area contributed by atoms with Gasteiger partial charge in [-0.15, -0.1) is 0 Å². The average Bonchev–Trinajstić information content (AvgIpc) is 2.47. The highest BCUT2D eigenvalue weighted by atomic mass is 35.5. The van der Waals surface area contributed by atoms with Crippen molar-refractivity contribution in [2.45, 2.75) is 0 Å². The van der Waals surface area contributed by atoms with Crippen molar-refractivity contribution in [3.8, 4) is 6.07 Å². The molecule has 0 unspecified atom stereocenters. The molecule has 0 fully saturated rings. The number of nitriles is 1. The van der Waals surface area contributed by atoms with Crippen LogP contribution in [0.5, 0.6) is 0 Å². The number of anilines is 1. The van der Waals surface area contributed by atoms with Gasteiger partial charge in [0, 0.05) is 11.2 Å². The zero-order chi connectivity index (χ0) is 15.4. The van der Waals surface area contributed by atoms with E-state index in [2.05, 4.69) is 10.3 Å². The number of carboxylic acid groups (broad SMARTS) is 1. The van der Waals surface area contributed by atoms with Crippen LogP contribution in [0.3, 0.4) is 0 Å². The molecular weight excluding hydrogens is 294 g/mol. The lowest BCUT2D eigenvalue weighted by molar-refractivity contribution is 0.0698. The number of amides is 1. The first-order valence-corrected chi connectivity index (χ1v) is 6.09. The summed E-state index contributed by atoms with van der Waals surface area (Å²) >= 11 is 5.79. The number of benzene rings is 1. The summed E-state index contributed by atoms with van der Waals surface area (Å²) in [5, 5.41) is 20.5. The molecule has 2 N–H and O–H groups in total. The van der Waals surface area contributed by atoms with Gasteiger partial charge < -0.3 is 10.4 Å². The molecule has 21 heavy (non-hydrogen) atoms. The second kappa shape index (κ2) is 6.03. The smallest absolute Gasteiger partial charge is 0.337 e. The number of rotatable bonds is 3. The zero-order valence-corrected chi connectivity index (χ0v) is 11.3. The number of aromatic carboxylic acids is 1. The van der Waals surface area contributed by atoms with Crippen LogP contribution in [-0.4, -0.2) is 22.0 Å². The molecular formula is C14H8ClN3O3. The van der Waals surface area contributed by atoms with E-state index in [4.69, 9.17) is 22.0 Å². The van der Waals surface area contributed by atoms with Gasteiger partial charge in [0.15, 0.2) is 0 Å². The van der Waals surface area contributed by atoms with Crippen LogP contribution in [0.2, 0.25) is 5.02 Å². The Kier molecular flexibility index (Phi) is 4.16. The number of hydrogen-bond acceptors (Lipinski definition) is 4. The molecule has 0 atom stereocenters. The molecule has 0 aliphatic carbocycles. The predicted molar refractivity (Wildman–Crippen MR) is 75.3 cm³/mol. The number of hydrogen-bond donors (Lipinski definition) is 2. The molecule has 1 aromatic carbocycles. The first-order chi connectivity index (χ1) is 10.0. The molecule has 0 saturated heterocycles. The van der Waals surface area contributed by atoms with Gasteiger partial charge in [0.2, 0.25) is 0 Å². The lowest BCUT2D eigenvalue weighted by Crippen LogP contribution is -2.16. The van der Waals surface area contributed by atoms with Crippen molar-refractivity contribution in [2.24, 2.45) is 0 Å². The van der Waals surface area contributed by atoms with E-state index < -0.39 is 11.9 Å². The van der Waals surface area contributed by atoms with Crippen LogP contribution >= 0.6 is 11.6 Å². The molecule has 104 valence electrons. The van der Waals surface area contributed by atoms with Gasteiger partial charge in [-0.3, -0.25) is 4.79 Å². The van der Waals surface area contributed by atoms with E-state index >= 15 is 0 Å². The van der Waals surface area contributed by atoms with Crippen molar-refractivity contribution in [3.05, 3.63) is 58.4 Å². The van der Waals surface area contributed by atoms with E-state index in [1.165, 1.54) is 36.5 Å². The Labute approximate surface area is 124 Å². The van der Waals surface area contributed by atoms with Gasteiger partial charge in [0.1, 0.15) is 11.8 Å². The summed E-state index contributed by atoms with van der Waals surface area (Å²) in [6.45, 7) is 0. The highest BCUT2D eigenvalue weighted by Gasteiger charge is 2.14. The standard InChI is InChI=1S/C14H8ClN3O3/c15-9-2-3-10(14(20)21)12(5-9)18-13(19)11-4-1-8(6-16)7-17-11/h1-5,7H,(H,18,19)(H,20,21). The minimum absolute atomic E-state index is 0.0605. The van der Waals surface area contributed by atoms with Crippen LogP contribution in [0.4, 0.5) is 5.69 Å². The molecule has 1 aromatic heterocycles. The van der Waals surface area contributed by atoms with E-state index in [9.17, 15) is 9.59 Å². The third-order valence-electron chi connectivity index (χ3n) is 2.59. The van der Waals surface area contributed by atoms with Crippen molar-refractivity contribution in [3.63, 3.8) is 0 Å². The zero-order valence-electron chi connectivity index (χ0n) is 10.5. The molecule has 6 nitrogen and oxygen atoms in total. The van der Waals surface area contributed by atoms with Gasteiger partial charge in [-0.25, -0.2) is 9.78 Å². The van der Waals surface area contributed by atoms with Crippen molar-refractivity contribution < 1.29 is 14.7 Å². The first kappa shape index (κ1) is 14.5. The summed E-state index contributed by atoms with van der Waals surface area (Å²) in [5.41, 5.74) is 0.374. The maximum absolute atomic E-state index is 12.0. The number of carboxylic acids is 1. The molecule has 0 spiro atoms. The third-order valence-corrected chi connectivity index (χ3v) is 2.82. The number of nitrogens with one attached hydrogen (secondary N) is 1. The van der Waals surface area contributed by atoms with Crippen molar-refractivity contribution in [2.75, 3.05) is 5.32 Å². The largest absolute Gasteiger partial charge is 0.478 e. The molecule has 7 heteroatoms. The van der Waals surface area contributed by atoms with E-state index in [1.54, 1.807) is 0 Å². The Balaban J connectivity index is 2.28. The van der Waals surface area contributed by atoms with Crippen LogP contribution in [0.15, 0.2) is 36.5 Å².